The molecule has 0 aromatic carbocycles. The van der Waals surface area contributed by atoms with Crippen molar-refractivity contribution in [1.82, 2.24) is 10.2 Å². The van der Waals surface area contributed by atoms with Crippen molar-refractivity contribution in [2.24, 2.45) is 23.2 Å². The smallest absolute Gasteiger partial charge is 0.0244 e. The van der Waals surface area contributed by atoms with Crippen LogP contribution in [0.4, 0.5) is 0 Å². The Morgan fingerprint density at radius 2 is 1.78 bits per heavy atom. The molecule has 0 bridgehead atoms. The number of hydrogen-bond donors (Lipinski definition) is 1. The molecule has 0 aromatic heterocycles. The molecule has 1 saturated carbocycles. The molecule has 2 fully saturated rings. The number of nitrogens with one attached hydrogen (secondary N) is 1. The molecule has 3 unspecified atom stereocenters. The van der Waals surface area contributed by atoms with Crippen molar-refractivity contribution >= 4 is 0 Å². The Morgan fingerprint density at radius 1 is 1.17 bits per heavy atom. The lowest BCUT2D eigenvalue weighted by Gasteiger charge is -2.44. The van der Waals surface area contributed by atoms with Gasteiger partial charge in [-0.15, -0.1) is 0 Å². The first-order valence-electron chi connectivity index (χ1n) is 7.78. The van der Waals surface area contributed by atoms with E-state index < -0.39 is 0 Å². The summed E-state index contributed by atoms with van der Waals surface area (Å²) < 4.78 is 0. The van der Waals surface area contributed by atoms with Crippen molar-refractivity contribution in [3.8, 4) is 0 Å². The van der Waals surface area contributed by atoms with Crippen molar-refractivity contribution in [2.45, 2.75) is 60.0 Å². The number of piperazine rings is 1. The van der Waals surface area contributed by atoms with Crippen molar-refractivity contribution in [2.75, 3.05) is 19.6 Å². The first-order valence-corrected chi connectivity index (χ1v) is 7.78. The lowest BCUT2D eigenvalue weighted by atomic mass is 9.93. The Labute approximate surface area is 114 Å². The topological polar surface area (TPSA) is 15.3 Å². The van der Waals surface area contributed by atoms with E-state index >= 15 is 0 Å². The molecule has 0 radical (unpaired) electrons. The third-order valence-corrected chi connectivity index (χ3v) is 5.24. The highest BCUT2D eigenvalue weighted by Crippen LogP contribution is 2.52. The van der Waals surface area contributed by atoms with Gasteiger partial charge in [-0.3, -0.25) is 4.90 Å². The fourth-order valence-electron chi connectivity index (χ4n) is 3.34. The van der Waals surface area contributed by atoms with Crippen molar-refractivity contribution in [3.63, 3.8) is 0 Å². The Balaban J connectivity index is 1.96. The lowest BCUT2D eigenvalue weighted by molar-refractivity contribution is 0.0775. The average molecular weight is 252 g/mol. The van der Waals surface area contributed by atoms with Gasteiger partial charge in [0.25, 0.3) is 0 Å². The van der Waals surface area contributed by atoms with E-state index in [1.807, 2.05) is 0 Å². The maximum Gasteiger partial charge on any atom is 0.0244 e. The van der Waals surface area contributed by atoms with Gasteiger partial charge in [0.1, 0.15) is 0 Å². The molecule has 0 spiro atoms. The Kier molecular flexibility index (Phi) is 4.08. The van der Waals surface area contributed by atoms with Crippen LogP contribution in [0.3, 0.4) is 0 Å². The molecule has 0 aromatic rings. The predicted molar refractivity (Wildman–Crippen MR) is 78.7 cm³/mol. The van der Waals surface area contributed by atoms with Gasteiger partial charge in [-0.25, -0.2) is 0 Å². The highest BCUT2D eigenvalue weighted by Gasteiger charge is 2.47. The first-order chi connectivity index (χ1) is 8.31. The van der Waals surface area contributed by atoms with Gasteiger partial charge in [0.05, 0.1) is 0 Å². The van der Waals surface area contributed by atoms with Gasteiger partial charge in [-0.05, 0) is 29.6 Å². The molecular weight excluding hydrogens is 220 g/mol. The number of nitrogens with zero attached hydrogens (tertiary/aromatic N) is 1. The van der Waals surface area contributed by atoms with Crippen molar-refractivity contribution < 1.29 is 0 Å². The van der Waals surface area contributed by atoms with Crippen LogP contribution >= 0.6 is 0 Å². The third kappa shape index (κ3) is 3.08. The van der Waals surface area contributed by atoms with Crippen LogP contribution in [0.15, 0.2) is 0 Å². The SMILES string of the molecule is CC(C)C1CN(CC2CC2(C)C)C(C(C)C)CN1. The average Bonchev–Trinajstić information content (AvgIpc) is 2.85. The van der Waals surface area contributed by atoms with E-state index in [-0.39, 0.29) is 0 Å². The molecule has 1 saturated heterocycles. The minimum absolute atomic E-state index is 0.611. The van der Waals surface area contributed by atoms with E-state index in [1.54, 1.807) is 0 Å². The maximum absolute atomic E-state index is 3.75. The van der Waals surface area contributed by atoms with Gasteiger partial charge < -0.3 is 5.32 Å². The summed E-state index contributed by atoms with van der Waals surface area (Å²) in [4.78, 5) is 2.78. The van der Waals surface area contributed by atoms with E-state index in [4.69, 9.17) is 0 Å². The molecule has 1 N–H and O–H groups in total. The van der Waals surface area contributed by atoms with Crippen LogP contribution in [-0.2, 0) is 0 Å². The predicted octanol–water partition coefficient (Wildman–Crippen LogP) is 2.99. The minimum Gasteiger partial charge on any atom is -0.311 e. The highest BCUT2D eigenvalue weighted by molar-refractivity contribution is 4.99. The second-order valence-corrected chi connectivity index (χ2v) is 7.91. The Morgan fingerprint density at radius 3 is 2.22 bits per heavy atom. The number of hydrogen-bond acceptors (Lipinski definition) is 2. The second kappa shape index (κ2) is 5.13. The van der Waals surface area contributed by atoms with E-state index in [1.165, 1.54) is 26.1 Å². The van der Waals surface area contributed by atoms with E-state index in [0.29, 0.717) is 11.5 Å². The lowest BCUT2D eigenvalue weighted by Crippen LogP contribution is -2.60. The highest BCUT2D eigenvalue weighted by atomic mass is 15.2. The quantitative estimate of drug-likeness (QED) is 0.827. The van der Waals surface area contributed by atoms with Crippen LogP contribution < -0.4 is 5.32 Å². The molecule has 2 heteroatoms. The van der Waals surface area contributed by atoms with Gasteiger partial charge in [-0.2, -0.15) is 0 Å². The largest absolute Gasteiger partial charge is 0.311 e. The van der Waals surface area contributed by atoms with Gasteiger partial charge in [0.15, 0.2) is 0 Å². The van der Waals surface area contributed by atoms with Gasteiger partial charge >= 0.3 is 0 Å². The van der Waals surface area contributed by atoms with Crippen LogP contribution in [0, 0.1) is 23.2 Å². The van der Waals surface area contributed by atoms with Crippen LogP contribution in [0.5, 0.6) is 0 Å². The normalized spacial score (nSPS) is 36.3. The molecular formula is C16H32N2. The molecule has 2 aliphatic rings. The molecule has 18 heavy (non-hydrogen) atoms. The molecule has 106 valence electrons. The summed E-state index contributed by atoms with van der Waals surface area (Å²) in [5.41, 5.74) is 0.611. The fourth-order valence-corrected chi connectivity index (χ4v) is 3.34. The van der Waals surface area contributed by atoms with Gasteiger partial charge in [-0.1, -0.05) is 41.5 Å². The number of rotatable bonds is 4. The Hall–Kier alpha value is -0.0800. The summed E-state index contributed by atoms with van der Waals surface area (Å²) in [6.07, 6.45) is 1.42. The summed E-state index contributed by atoms with van der Waals surface area (Å²) in [5.74, 6) is 2.44. The standard InChI is InChI=1S/C16H32N2/c1-11(2)14-10-18(9-13-7-16(13,5)6)15(8-17-14)12(3)4/h11-15,17H,7-10H2,1-6H3. The zero-order valence-corrected chi connectivity index (χ0v) is 13.2. The van der Waals surface area contributed by atoms with E-state index in [2.05, 4.69) is 51.8 Å². The minimum atomic E-state index is 0.611. The molecule has 1 aliphatic heterocycles. The van der Waals surface area contributed by atoms with E-state index in [0.717, 1.165) is 23.8 Å². The summed E-state index contributed by atoms with van der Waals surface area (Å²) in [6.45, 7) is 18.0. The zero-order chi connectivity index (χ0) is 13.5. The van der Waals surface area contributed by atoms with Crippen molar-refractivity contribution in [3.05, 3.63) is 0 Å². The molecule has 2 rings (SSSR count). The molecule has 1 aliphatic carbocycles. The zero-order valence-electron chi connectivity index (χ0n) is 13.2. The summed E-state index contributed by atoms with van der Waals surface area (Å²) in [7, 11) is 0. The second-order valence-electron chi connectivity index (χ2n) is 7.91. The maximum atomic E-state index is 3.75. The molecule has 0 amide bonds. The van der Waals surface area contributed by atoms with Crippen LogP contribution in [0.25, 0.3) is 0 Å². The summed E-state index contributed by atoms with van der Waals surface area (Å²) >= 11 is 0. The van der Waals surface area contributed by atoms with Crippen LogP contribution in [-0.4, -0.2) is 36.6 Å². The fraction of sp³-hybridized carbons (Fsp3) is 1.00. The monoisotopic (exact) mass is 252 g/mol. The van der Waals surface area contributed by atoms with Crippen LogP contribution in [0.2, 0.25) is 0 Å². The summed E-state index contributed by atoms with van der Waals surface area (Å²) in [5, 5.41) is 3.75. The molecule has 3 atom stereocenters. The third-order valence-electron chi connectivity index (χ3n) is 5.24. The van der Waals surface area contributed by atoms with Crippen molar-refractivity contribution in [1.29, 1.82) is 0 Å². The molecule has 2 nitrogen and oxygen atoms in total. The molecule has 1 heterocycles. The first kappa shape index (κ1) is 14.3. The summed E-state index contributed by atoms with van der Waals surface area (Å²) in [6, 6.07) is 1.42. The van der Waals surface area contributed by atoms with Gasteiger partial charge in [0.2, 0.25) is 0 Å². The Bertz CT molecular complexity index is 281. The van der Waals surface area contributed by atoms with Gasteiger partial charge in [0, 0.05) is 31.7 Å². The van der Waals surface area contributed by atoms with Crippen LogP contribution in [0.1, 0.15) is 48.0 Å². The van der Waals surface area contributed by atoms with E-state index in [9.17, 15) is 0 Å².